The molecule has 17 heteroatoms. The molecule has 6 aliphatic heterocycles. The topological polar surface area (TPSA) is 172 Å². The van der Waals surface area contributed by atoms with Crippen LogP contribution in [0.2, 0.25) is 0 Å². The van der Waals surface area contributed by atoms with Gasteiger partial charge in [0.15, 0.2) is 0 Å². The fourth-order valence-electron chi connectivity index (χ4n) is 12.7. The molecule has 11 nitrogen and oxygen atoms in total. The van der Waals surface area contributed by atoms with Gasteiger partial charge in [0.05, 0.1) is 51.8 Å². The van der Waals surface area contributed by atoms with E-state index in [0.717, 1.165) is 124 Å². The van der Waals surface area contributed by atoms with Crippen molar-refractivity contribution in [2.75, 3.05) is 39.3 Å². The average Bonchev–Trinajstić information content (AvgIpc) is 3.34. The van der Waals surface area contributed by atoms with Crippen LogP contribution in [0.1, 0.15) is 165 Å². The minimum atomic E-state index is -3.69. The van der Waals surface area contributed by atoms with E-state index < -0.39 is 3.37 Å². The number of aliphatic hydroxyl groups excluding tert-OH is 8. The van der Waals surface area contributed by atoms with Gasteiger partial charge in [-0.15, -0.1) is 0 Å². The van der Waals surface area contributed by atoms with Gasteiger partial charge in [0.2, 0.25) is 0 Å². The van der Waals surface area contributed by atoms with Gasteiger partial charge in [0, 0.05) is 57.4 Å². The van der Waals surface area contributed by atoms with Gasteiger partial charge in [-0.2, -0.15) is 0 Å². The number of aliphatic hydroxyl groups is 8. The van der Waals surface area contributed by atoms with Crippen LogP contribution in [0.25, 0.3) is 0 Å². The van der Waals surface area contributed by atoms with E-state index in [9.17, 15) is 40.9 Å². The van der Waals surface area contributed by atoms with Crippen LogP contribution in [0.3, 0.4) is 0 Å². The second kappa shape index (κ2) is 27.3. The quantitative estimate of drug-likeness (QED) is 0.0641. The molecule has 0 aromatic heterocycles. The van der Waals surface area contributed by atoms with Crippen LogP contribution in [0.15, 0.2) is 48.0 Å². The van der Waals surface area contributed by atoms with Crippen LogP contribution >= 0.6 is 59.6 Å². The molecule has 6 aliphatic rings. The molecule has 6 heterocycles. The van der Waals surface area contributed by atoms with Crippen molar-refractivity contribution in [2.24, 2.45) is 29.6 Å². The van der Waals surface area contributed by atoms with Crippen molar-refractivity contribution >= 4 is 59.6 Å². The molecule has 3 aromatic carbocycles. The third-order valence-corrected chi connectivity index (χ3v) is 16.0. The minimum absolute atomic E-state index is 0.00430. The van der Waals surface area contributed by atoms with E-state index >= 15 is 0 Å². The van der Waals surface area contributed by atoms with Crippen LogP contribution < -0.4 is 0 Å². The van der Waals surface area contributed by atoms with Gasteiger partial charge in [-0.05, 0) is 154 Å². The standard InChI is InChI=1S/2C19H29NO3.C19H27NO2.Cl5P/c2*1-12(2)5-14-9-20-4-3-13-6-15(10-21)16(11-22)7-17(13)18(20)8-19(14)23;1-13(2)7-14-3-4-19-18-9-17(12-22)16(11-21)8-15(18)5-6-20(19)10-14;1-6(2,3,4)5/h2*6-7,12,14,18-19,21-23H,3-5,8-11H2,1-2H3;3,8-9,13,19,21-22H,4-7,10-12H2,1-2H3;/t2*14-,18-,19+;;/m10../s1. The van der Waals surface area contributed by atoms with Crippen molar-refractivity contribution in [3.05, 3.63) is 115 Å². The molecular formula is C57H85Cl5N3O8P. The summed E-state index contributed by atoms with van der Waals surface area (Å²) in [7, 11) is 0. The van der Waals surface area contributed by atoms with Gasteiger partial charge in [-0.1, -0.05) is 89.6 Å². The molecule has 3 aromatic rings. The molecule has 8 N–H and O–H groups in total. The predicted octanol–water partition coefficient (Wildman–Crippen LogP) is 11.2. The molecule has 0 amide bonds. The molecule has 2 saturated heterocycles. The van der Waals surface area contributed by atoms with E-state index in [0.29, 0.717) is 35.6 Å². The van der Waals surface area contributed by atoms with Crippen LogP contribution in [0.5, 0.6) is 0 Å². The van der Waals surface area contributed by atoms with Crippen LogP contribution in [0.4, 0.5) is 0 Å². The van der Waals surface area contributed by atoms with Gasteiger partial charge in [-0.25, -0.2) is 0 Å². The number of hydrogen-bond acceptors (Lipinski definition) is 11. The number of halogens is 5. The second-order valence-corrected chi connectivity index (χ2v) is 39.5. The Bertz CT molecular complexity index is 2250. The van der Waals surface area contributed by atoms with E-state index in [2.05, 4.69) is 74.5 Å². The fourth-order valence-corrected chi connectivity index (χ4v) is 12.7. The van der Waals surface area contributed by atoms with Gasteiger partial charge in [0.1, 0.15) is 0 Å². The zero-order valence-electron chi connectivity index (χ0n) is 44.4. The normalized spacial score (nSPS) is 25.2. The van der Waals surface area contributed by atoms with Gasteiger partial charge < -0.3 is 40.9 Å². The summed E-state index contributed by atoms with van der Waals surface area (Å²) in [5.41, 5.74) is 14.3. The van der Waals surface area contributed by atoms with E-state index in [1.54, 1.807) is 5.57 Å². The first-order chi connectivity index (χ1) is 34.9. The third-order valence-electron chi connectivity index (χ3n) is 16.0. The number of fused-ring (bicyclic) bond motifs is 9. The Morgan fingerprint density at radius 2 is 0.811 bits per heavy atom. The summed E-state index contributed by atoms with van der Waals surface area (Å²) in [6.07, 6.45) is 10.9. The molecule has 0 aliphatic carbocycles. The maximum absolute atomic E-state index is 10.6. The van der Waals surface area contributed by atoms with Gasteiger partial charge in [0.25, 0.3) is 0 Å². The molecule has 1 unspecified atom stereocenters. The van der Waals surface area contributed by atoms with Crippen molar-refractivity contribution in [3.8, 4) is 0 Å². The summed E-state index contributed by atoms with van der Waals surface area (Å²) in [5.74, 6) is 2.66. The molecule has 9 rings (SSSR count). The van der Waals surface area contributed by atoms with Gasteiger partial charge in [-0.3, -0.25) is 14.7 Å². The Hall–Kier alpha value is -1.16. The van der Waals surface area contributed by atoms with Crippen molar-refractivity contribution < 1.29 is 40.9 Å². The molecule has 0 saturated carbocycles. The van der Waals surface area contributed by atoms with Crippen molar-refractivity contribution in [2.45, 2.75) is 169 Å². The Morgan fingerprint density at radius 1 is 0.486 bits per heavy atom. The Kier molecular flexibility index (Phi) is 22.9. The molecule has 0 radical (unpaired) electrons. The first-order valence-electron chi connectivity index (χ1n) is 26.9. The molecule has 0 spiro atoms. The first-order valence-corrected chi connectivity index (χ1v) is 33.6. The van der Waals surface area contributed by atoms with Crippen molar-refractivity contribution in [1.29, 1.82) is 0 Å². The summed E-state index contributed by atoms with van der Waals surface area (Å²) in [4.78, 5) is 7.59. The molecule has 0 bridgehead atoms. The summed E-state index contributed by atoms with van der Waals surface area (Å²) in [5, 5.41) is 78.3. The maximum atomic E-state index is 10.6. The third kappa shape index (κ3) is 16.9. The molecule has 2 fully saturated rings. The average molecular weight is 1150 g/mol. The summed E-state index contributed by atoms with van der Waals surface area (Å²) in [6.45, 7) is 19.4. The zero-order valence-corrected chi connectivity index (χ0v) is 49.1. The monoisotopic (exact) mass is 1150 g/mol. The Balaban J connectivity index is 0.000000171. The van der Waals surface area contributed by atoms with E-state index in [-0.39, 0.29) is 63.9 Å². The van der Waals surface area contributed by atoms with Crippen LogP contribution in [-0.4, -0.2) is 107 Å². The van der Waals surface area contributed by atoms with E-state index in [1.165, 1.54) is 39.8 Å². The van der Waals surface area contributed by atoms with Crippen LogP contribution in [0, 0.1) is 29.6 Å². The van der Waals surface area contributed by atoms with E-state index in [1.807, 2.05) is 24.3 Å². The number of rotatable bonds is 12. The summed E-state index contributed by atoms with van der Waals surface area (Å²) in [6, 6.07) is 13.4. The Morgan fingerprint density at radius 3 is 1.14 bits per heavy atom. The predicted molar refractivity (Wildman–Crippen MR) is 304 cm³/mol. The summed E-state index contributed by atoms with van der Waals surface area (Å²) < 4.78 is -3.69. The number of nitrogens with zero attached hydrogens (tertiary/aromatic N) is 3. The van der Waals surface area contributed by atoms with E-state index in [4.69, 9.17) is 56.2 Å². The van der Waals surface area contributed by atoms with Gasteiger partial charge >= 0.3 is 59.6 Å². The summed E-state index contributed by atoms with van der Waals surface area (Å²) >= 11 is 24.9. The molecule has 416 valence electrons. The number of hydrogen-bond donors (Lipinski definition) is 8. The van der Waals surface area contributed by atoms with Crippen LogP contribution in [-0.2, 0) is 58.9 Å². The van der Waals surface area contributed by atoms with Crippen molar-refractivity contribution in [3.63, 3.8) is 0 Å². The molecule has 74 heavy (non-hydrogen) atoms. The fraction of sp³-hybridized carbons (Fsp3) is 0.649. The Labute approximate surface area is 465 Å². The van der Waals surface area contributed by atoms with Crippen molar-refractivity contribution in [1.82, 2.24) is 14.7 Å². The SMILES string of the molecule is CC(C)CC1=CCC2c3cc(CO)c(CO)cc3CCN2C1.CC(C)C[C@@H]1CN2CCc3cc(CO)c(CO)cc3[C@H]2C[C@@H]1O.CC(C)C[C@H]1CN2CCc3cc(CO)c(CO)cc3[C@@H]2C[C@H]1O.ClP(Cl)(Cl)(Cl)Cl. The zero-order chi connectivity index (χ0) is 54.3. The molecular weight excluding hydrogens is 1060 g/mol. The first kappa shape index (κ1) is 62.0. The number of piperidine rings is 2. The number of benzene rings is 3. The second-order valence-electron chi connectivity index (χ2n) is 22.9. The molecule has 7 atom stereocenters.